The Morgan fingerprint density at radius 1 is 1.14 bits per heavy atom. The first-order chi connectivity index (χ1) is 10.0. The molecule has 2 N–H and O–H groups in total. The summed E-state index contributed by atoms with van der Waals surface area (Å²) in [5.41, 5.74) is 1.89. The number of rotatable bonds is 4. The van der Waals surface area contributed by atoms with Crippen LogP contribution in [0.5, 0.6) is 17.2 Å². The molecule has 0 atom stereocenters. The van der Waals surface area contributed by atoms with Crippen molar-refractivity contribution in [2.75, 3.05) is 7.11 Å². The smallest absolute Gasteiger partial charge is 0.185 e. The van der Waals surface area contributed by atoms with E-state index in [0.29, 0.717) is 22.4 Å². The zero-order valence-corrected chi connectivity index (χ0v) is 11.8. The lowest BCUT2D eigenvalue weighted by Crippen LogP contribution is -1.94. The molecule has 4 heteroatoms. The Hall–Kier alpha value is -2.75. The number of hydrogen-bond acceptors (Lipinski definition) is 4. The van der Waals surface area contributed by atoms with Crippen LogP contribution in [0.1, 0.15) is 21.5 Å². The SMILES string of the molecule is COc1cc(O)c(C)cc1/C=C/C(=O)c1ccc(O)cc1. The van der Waals surface area contributed by atoms with E-state index >= 15 is 0 Å². The summed E-state index contributed by atoms with van der Waals surface area (Å²) in [7, 11) is 1.50. The molecule has 0 bridgehead atoms. The molecule has 2 aromatic carbocycles. The van der Waals surface area contributed by atoms with Crippen LogP contribution in [0.4, 0.5) is 0 Å². The summed E-state index contributed by atoms with van der Waals surface area (Å²) >= 11 is 0. The van der Waals surface area contributed by atoms with E-state index in [1.165, 1.54) is 31.4 Å². The Morgan fingerprint density at radius 2 is 1.81 bits per heavy atom. The lowest BCUT2D eigenvalue weighted by Gasteiger charge is -2.07. The number of hydrogen-bond donors (Lipinski definition) is 2. The van der Waals surface area contributed by atoms with E-state index in [9.17, 15) is 15.0 Å². The molecule has 2 rings (SSSR count). The molecule has 0 heterocycles. The van der Waals surface area contributed by atoms with Crippen molar-refractivity contribution in [3.8, 4) is 17.2 Å². The van der Waals surface area contributed by atoms with Gasteiger partial charge in [0, 0.05) is 17.2 Å². The van der Waals surface area contributed by atoms with Gasteiger partial charge in [-0.2, -0.15) is 0 Å². The Kier molecular flexibility index (Phi) is 4.28. The number of aromatic hydroxyl groups is 2. The number of aryl methyl sites for hydroxylation is 1. The third-order valence-electron chi connectivity index (χ3n) is 3.11. The molecular weight excluding hydrogens is 268 g/mol. The van der Waals surface area contributed by atoms with Crippen LogP contribution in [-0.4, -0.2) is 23.1 Å². The zero-order valence-electron chi connectivity index (χ0n) is 11.8. The first-order valence-corrected chi connectivity index (χ1v) is 6.40. The summed E-state index contributed by atoms with van der Waals surface area (Å²) in [6.45, 7) is 1.77. The van der Waals surface area contributed by atoms with Crippen molar-refractivity contribution in [2.24, 2.45) is 0 Å². The highest BCUT2D eigenvalue weighted by Gasteiger charge is 2.06. The molecule has 0 aliphatic carbocycles. The van der Waals surface area contributed by atoms with Crippen molar-refractivity contribution in [3.05, 3.63) is 59.2 Å². The van der Waals surface area contributed by atoms with Gasteiger partial charge in [0.05, 0.1) is 7.11 Å². The van der Waals surface area contributed by atoms with Gasteiger partial charge in [-0.15, -0.1) is 0 Å². The fourth-order valence-electron chi connectivity index (χ4n) is 1.89. The van der Waals surface area contributed by atoms with Crippen LogP contribution in [0.3, 0.4) is 0 Å². The van der Waals surface area contributed by atoms with Gasteiger partial charge >= 0.3 is 0 Å². The van der Waals surface area contributed by atoms with E-state index in [2.05, 4.69) is 0 Å². The molecule has 0 saturated heterocycles. The van der Waals surface area contributed by atoms with Crippen LogP contribution < -0.4 is 4.74 Å². The van der Waals surface area contributed by atoms with Crippen molar-refractivity contribution in [1.82, 2.24) is 0 Å². The van der Waals surface area contributed by atoms with Crippen LogP contribution in [0, 0.1) is 6.92 Å². The van der Waals surface area contributed by atoms with Gasteiger partial charge in [-0.05, 0) is 55.0 Å². The van der Waals surface area contributed by atoms with Gasteiger partial charge in [-0.3, -0.25) is 4.79 Å². The summed E-state index contributed by atoms with van der Waals surface area (Å²) in [5.74, 6) is 0.579. The summed E-state index contributed by atoms with van der Waals surface area (Å²) in [4.78, 5) is 12.0. The van der Waals surface area contributed by atoms with Crippen LogP contribution in [-0.2, 0) is 0 Å². The molecular formula is C17H16O4. The molecule has 0 aliphatic rings. The number of carbonyl (C=O) groups is 1. The number of ketones is 1. The van der Waals surface area contributed by atoms with Crippen LogP contribution >= 0.6 is 0 Å². The van der Waals surface area contributed by atoms with Crippen LogP contribution in [0.15, 0.2) is 42.5 Å². The minimum Gasteiger partial charge on any atom is -0.508 e. The van der Waals surface area contributed by atoms with Crippen molar-refractivity contribution in [1.29, 1.82) is 0 Å². The maximum Gasteiger partial charge on any atom is 0.185 e. The average molecular weight is 284 g/mol. The summed E-state index contributed by atoms with van der Waals surface area (Å²) < 4.78 is 5.18. The number of carbonyl (C=O) groups excluding carboxylic acids is 1. The zero-order chi connectivity index (χ0) is 15.4. The van der Waals surface area contributed by atoms with Gasteiger partial charge in [0.1, 0.15) is 17.2 Å². The van der Waals surface area contributed by atoms with Gasteiger partial charge in [0.2, 0.25) is 0 Å². The molecule has 0 aromatic heterocycles. The van der Waals surface area contributed by atoms with E-state index in [1.54, 1.807) is 31.2 Å². The normalized spacial score (nSPS) is 10.8. The molecule has 2 aromatic rings. The van der Waals surface area contributed by atoms with Crippen molar-refractivity contribution in [3.63, 3.8) is 0 Å². The van der Waals surface area contributed by atoms with Crippen molar-refractivity contribution >= 4 is 11.9 Å². The molecule has 0 aliphatic heterocycles. The number of allylic oxidation sites excluding steroid dienone is 1. The number of benzene rings is 2. The van der Waals surface area contributed by atoms with E-state index < -0.39 is 0 Å². The van der Waals surface area contributed by atoms with Crippen LogP contribution in [0.25, 0.3) is 6.08 Å². The minimum absolute atomic E-state index is 0.117. The Morgan fingerprint density at radius 3 is 2.43 bits per heavy atom. The standard InChI is InChI=1S/C17H16O4/c1-11-9-13(17(21-2)10-16(11)20)5-8-15(19)12-3-6-14(18)7-4-12/h3-10,18,20H,1-2H3/b8-5+. The van der Waals surface area contributed by atoms with Crippen molar-refractivity contribution in [2.45, 2.75) is 6.92 Å². The second-order valence-corrected chi connectivity index (χ2v) is 4.63. The van der Waals surface area contributed by atoms with E-state index in [0.717, 1.165) is 0 Å². The molecule has 4 nitrogen and oxygen atoms in total. The molecule has 0 spiro atoms. The molecule has 0 radical (unpaired) electrons. The van der Waals surface area contributed by atoms with Crippen LogP contribution in [0.2, 0.25) is 0 Å². The van der Waals surface area contributed by atoms with Gasteiger partial charge < -0.3 is 14.9 Å². The third-order valence-corrected chi connectivity index (χ3v) is 3.11. The van der Waals surface area contributed by atoms with Gasteiger partial charge in [0.25, 0.3) is 0 Å². The van der Waals surface area contributed by atoms with E-state index in [4.69, 9.17) is 4.74 Å². The molecule has 0 unspecified atom stereocenters. The van der Waals surface area contributed by atoms with Gasteiger partial charge in [0.15, 0.2) is 5.78 Å². The number of ether oxygens (including phenoxy) is 1. The Balaban J connectivity index is 2.26. The quantitative estimate of drug-likeness (QED) is 0.667. The average Bonchev–Trinajstić information content (AvgIpc) is 2.48. The topological polar surface area (TPSA) is 66.8 Å². The predicted octanol–water partition coefficient (Wildman–Crippen LogP) is 3.31. The molecule has 21 heavy (non-hydrogen) atoms. The maximum absolute atomic E-state index is 12.0. The molecule has 0 fully saturated rings. The second kappa shape index (κ2) is 6.13. The lowest BCUT2D eigenvalue weighted by molar-refractivity contribution is 0.104. The fraction of sp³-hybridized carbons (Fsp3) is 0.118. The number of phenols is 2. The third kappa shape index (κ3) is 3.42. The lowest BCUT2D eigenvalue weighted by atomic mass is 10.1. The minimum atomic E-state index is -0.178. The number of phenolic OH excluding ortho intramolecular Hbond substituents is 2. The van der Waals surface area contributed by atoms with E-state index in [1.807, 2.05) is 0 Å². The first-order valence-electron chi connectivity index (χ1n) is 6.40. The Labute approximate surface area is 122 Å². The van der Waals surface area contributed by atoms with E-state index in [-0.39, 0.29) is 17.3 Å². The summed E-state index contributed by atoms with van der Waals surface area (Å²) in [6.07, 6.45) is 3.07. The molecule has 0 amide bonds. The highest BCUT2D eigenvalue weighted by molar-refractivity contribution is 6.07. The van der Waals surface area contributed by atoms with Crippen molar-refractivity contribution < 1.29 is 19.7 Å². The fourth-order valence-corrected chi connectivity index (χ4v) is 1.89. The largest absolute Gasteiger partial charge is 0.508 e. The number of methoxy groups -OCH3 is 1. The monoisotopic (exact) mass is 284 g/mol. The predicted molar refractivity (Wildman–Crippen MR) is 80.9 cm³/mol. The first kappa shape index (κ1) is 14.7. The van der Waals surface area contributed by atoms with Gasteiger partial charge in [-0.1, -0.05) is 0 Å². The summed E-state index contributed by atoms with van der Waals surface area (Å²) in [5, 5.41) is 18.8. The molecule has 108 valence electrons. The summed E-state index contributed by atoms with van der Waals surface area (Å²) in [6, 6.07) is 9.30. The second-order valence-electron chi connectivity index (χ2n) is 4.63. The Bertz CT molecular complexity index is 685. The highest BCUT2D eigenvalue weighted by atomic mass is 16.5. The molecule has 0 saturated carbocycles. The maximum atomic E-state index is 12.0. The van der Waals surface area contributed by atoms with Gasteiger partial charge in [-0.25, -0.2) is 0 Å². The highest BCUT2D eigenvalue weighted by Crippen LogP contribution is 2.28.